The monoisotopic (exact) mass is 337 g/mol. The minimum atomic E-state index is -3.13. The zero-order valence-electron chi connectivity index (χ0n) is 11.2. The summed E-state index contributed by atoms with van der Waals surface area (Å²) >= 11 is 0. The van der Waals surface area contributed by atoms with Crippen molar-refractivity contribution < 1.29 is 29.3 Å². The first-order chi connectivity index (χ1) is 10.4. The molecule has 0 fully saturated rings. The maximum absolute atomic E-state index is 11.5. The van der Waals surface area contributed by atoms with Gasteiger partial charge in [0.05, 0.1) is 19.5 Å². The molecule has 124 valence electrons. The fourth-order valence-corrected chi connectivity index (χ4v) is 1.41. The molecule has 2 rings (SSSR count). The lowest BCUT2D eigenvalue weighted by molar-refractivity contribution is -0.0488. The summed E-state index contributed by atoms with van der Waals surface area (Å²) in [5, 5.41) is 17.7. The van der Waals surface area contributed by atoms with Crippen LogP contribution in [0.5, 0.6) is 0 Å². The molecule has 0 spiro atoms. The molecule has 0 bridgehead atoms. The highest BCUT2D eigenvalue weighted by molar-refractivity contribution is 7.30. The Balaban J connectivity index is 0.000000541. The highest BCUT2D eigenvalue weighted by Gasteiger charge is 2.11. The molecule has 0 radical (unpaired) electrons. The number of hydrogen-bond acceptors (Lipinski definition) is 8. The fraction of sp³-hybridized carbons (Fsp3) is 0.444. The van der Waals surface area contributed by atoms with Crippen LogP contribution in [0.1, 0.15) is 0 Å². The number of rotatable bonds is 5. The zero-order chi connectivity index (χ0) is 16.7. The van der Waals surface area contributed by atoms with Gasteiger partial charge in [0.15, 0.2) is 11.2 Å². The van der Waals surface area contributed by atoms with Crippen molar-refractivity contribution in [3.8, 4) is 0 Å². The molecule has 0 unspecified atom stereocenters. The van der Waals surface area contributed by atoms with Gasteiger partial charge in [-0.2, -0.15) is 4.98 Å². The molecule has 0 aromatic carbocycles. The van der Waals surface area contributed by atoms with Crippen molar-refractivity contribution in [2.24, 2.45) is 0 Å². The first-order valence-electron chi connectivity index (χ1n) is 5.84. The smallest absolute Gasteiger partial charge is 0.314 e. The number of nitrogens with zero attached hydrogens (tertiary/aromatic N) is 3. The van der Waals surface area contributed by atoms with Gasteiger partial charge in [0.2, 0.25) is 5.95 Å². The summed E-state index contributed by atoms with van der Waals surface area (Å²) in [6.45, 7) is -0.614. The third kappa shape index (κ3) is 5.18. The summed E-state index contributed by atoms with van der Waals surface area (Å²) < 4.78 is 15.4. The number of aliphatic hydroxyl groups excluding tert-OH is 2. The van der Waals surface area contributed by atoms with Crippen LogP contribution in [0.25, 0.3) is 11.2 Å². The van der Waals surface area contributed by atoms with Crippen molar-refractivity contribution in [2.45, 2.75) is 12.8 Å². The van der Waals surface area contributed by atoms with Gasteiger partial charge >= 0.3 is 8.25 Å². The number of H-pyrrole nitrogens is 1. The van der Waals surface area contributed by atoms with E-state index in [1.807, 2.05) is 0 Å². The molecule has 22 heavy (non-hydrogen) atoms. The van der Waals surface area contributed by atoms with Gasteiger partial charge in [0, 0.05) is 0 Å². The Hall–Kier alpha value is -1.82. The number of nitrogens with two attached hydrogens (primary N) is 1. The van der Waals surface area contributed by atoms with E-state index in [0.29, 0.717) is 0 Å². The van der Waals surface area contributed by atoms with Gasteiger partial charge in [-0.1, -0.05) is 0 Å². The van der Waals surface area contributed by atoms with Crippen LogP contribution in [0, 0.1) is 0 Å². The SMILES string of the molecule is Nc1nc2c(ncn2COC(CO)CO)c(=O)[nH]1.O=[PH](O)O. The third-order valence-corrected chi connectivity index (χ3v) is 2.35. The van der Waals surface area contributed by atoms with Crippen LogP contribution >= 0.6 is 8.25 Å². The van der Waals surface area contributed by atoms with Crippen LogP contribution in [-0.4, -0.2) is 58.8 Å². The van der Waals surface area contributed by atoms with E-state index in [-0.39, 0.29) is 37.1 Å². The topological polar surface area (TPSA) is 197 Å². The second-order valence-corrected chi connectivity index (χ2v) is 4.47. The molecular weight excluding hydrogens is 321 g/mol. The quantitative estimate of drug-likeness (QED) is 0.314. The predicted molar refractivity (Wildman–Crippen MR) is 75.0 cm³/mol. The molecule has 0 saturated heterocycles. The summed E-state index contributed by atoms with van der Waals surface area (Å²) in [6, 6.07) is 0. The number of fused-ring (bicyclic) bond motifs is 1. The standard InChI is InChI=1S/C9H13N5O4.H3O3P/c10-9-12-7-6(8(17)13-9)11-3-14(7)4-18-5(1-15)2-16;1-4(2)3/h3,5,15-16H,1-2,4H2,(H3,10,12,13,17);4H,(H2,1,2,3). The molecule has 0 aliphatic carbocycles. The Morgan fingerprint density at radius 3 is 2.55 bits per heavy atom. The van der Waals surface area contributed by atoms with E-state index in [0.717, 1.165) is 0 Å². The molecule has 2 heterocycles. The molecule has 0 atom stereocenters. The van der Waals surface area contributed by atoms with Gasteiger partial charge in [-0.25, -0.2) is 4.98 Å². The second kappa shape index (κ2) is 8.58. The lowest BCUT2D eigenvalue weighted by Gasteiger charge is -2.12. The van der Waals surface area contributed by atoms with Gasteiger partial charge in [-0.05, 0) is 0 Å². The highest BCUT2D eigenvalue weighted by Crippen LogP contribution is 2.07. The molecular formula is C9H16N5O7P. The predicted octanol–water partition coefficient (Wildman–Crippen LogP) is -2.61. The van der Waals surface area contributed by atoms with Crippen LogP contribution < -0.4 is 11.3 Å². The van der Waals surface area contributed by atoms with Gasteiger partial charge in [0.1, 0.15) is 12.8 Å². The van der Waals surface area contributed by atoms with Crippen molar-refractivity contribution in [1.29, 1.82) is 0 Å². The molecule has 7 N–H and O–H groups in total. The van der Waals surface area contributed by atoms with Crippen molar-refractivity contribution in [2.75, 3.05) is 18.9 Å². The van der Waals surface area contributed by atoms with Gasteiger partial charge in [-0.3, -0.25) is 18.9 Å². The van der Waals surface area contributed by atoms with Crippen LogP contribution in [0.15, 0.2) is 11.1 Å². The molecule has 0 aliphatic heterocycles. The lowest BCUT2D eigenvalue weighted by atomic mass is 10.4. The number of hydrogen-bond donors (Lipinski definition) is 6. The average molecular weight is 337 g/mol. The number of aromatic nitrogens is 4. The molecule has 0 amide bonds. The number of aliphatic hydroxyl groups is 2. The van der Waals surface area contributed by atoms with Crippen molar-refractivity contribution in [3.05, 3.63) is 16.7 Å². The van der Waals surface area contributed by atoms with E-state index < -0.39 is 19.9 Å². The van der Waals surface area contributed by atoms with E-state index in [1.54, 1.807) is 0 Å². The number of aromatic amines is 1. The van der Waals surface area contributed by atoms with E-state index in [2.05, 4.69) is 15.0 Å². The van der Waals surface area contributed by atoms with Crippen molar-refractivity contribution in [3.63, 3.8) is 0 Å². The number of imidazole rings is 1. The maximum Gasteiger partial charge on any atom is 0.314 e. The van der Waals surface area contributed by atoms with Crippen LogP contribution in [0.4, 0.5) is 5.95 Å². The molecule has 13 heteroatoms. The molecule has 0 aliphatic rings. The lowest BCUT2D eigenvalue weighted by Crippen LogP contribution is -2.23. The van der Waals surface area contributed by atoms with Gasteiger partial charge in [-0.15, -0.1) is 0 Å². The largest absolute Gasteiger partial charge is 0.394 e. The number of nitrogens with one attached hydrogen (secondary N) is 1. The summed E-state index contributed by atoms with van der Waals surface area (Å²) in [4.78, 5) is 36.0. The summed E-state index contributed by atoms with van der Waals surface area (Å²) in [6.07, 6.45) is 0.680. The normalized spacial score (nSPS) is 11.0. The van der Waals surface area contributed by atoms with E-state index >= 15 is 0 Å². The first-order valence-corrected chi connectivity index (χ1v) is 7.15. The minimum Gasteiger partial charge on any atom is -0.394 e. The fourth-order valence-electron chi connectivity index (χ4n) is 1.41. The Morgan fingerprint density at radius 2 is 2.00 bits per heavy atom. The van der Waals surface area contributed by atoms with E-state index in [9.17, 15) is 4.79 Å². The number of anilines is 1. The minimum absolute atomic E-state index is 0.00181. The van der Waals surface area contributed by atoms with Crippen molar-refractivity contribution in [1.82, 2.24) is 19.5 Å². The summed E-state index contributed by atoms with van der Waals surface area (Å²) in [7, 11) is -3.13. The summed E-state index contributed by atoms with van der Waals surface area (Å²) in [5.41, 5.74) is 5.43. The van der Waals surface area contributed by atoms with Crippen LogP contribution in [0.3, 0.4) is 0 Å². The van der Waals surface area contributed by atoms with Crippen LogP contribution in [0.2, 0.25) is 0 Å². The van der Waals surface area contributed by atoms with Gasteiger partial charge < -0.3 is 30.5 Å². The number of ether oxygens (including phenoxy) is 1. The second-order valence-electron chi connectivity index (χ2n) is 3.90. The number of nitrogen functional groups attached to an aromatic ring is 1. The Bertz CT molecular complexity index is 679. The molecule has 2 aromatic heterocycles. The Kier molecular flexibility index (Phi) is 7.11. The maximum atomic E-state index is 11.5. The highest BCUT2D eigenvalue weighted by atomic mass is 31.1. The Labute approximate surface area is 123 Å². The van der Waals surface area contributed by atoms with Crippen molar-refractivity contribution >= 4 is 25.4 Å². The molecule has 0 saturated carbocycles. The van der Waals surface area contributed by atoms with E-state index in [1.165, 1.54) is 10.9 Å². The van der Waals surface area contributed by atoms with Crippen LogP contribution in [-0.2, 0) is 16.0 Å². The molecule has 12 nitrogen and oxygen atoms in total. The first kappa shape index (κ1) is 18.2. The van der Waals surface area contributed by atoms with E-state index in [4.69, 9.17) is 35.0 Å². The zero-order valence-corrected chi connectivity index (χ0v) is 12.2. The summed E-state index contributed by atoms with van der Waals surface area (Å²) in [5.74, 6) is -0.0184. The molecule has 2 aromatic rings. The third-order valence-electron chi connectivity index (χ3n) is 2.35. The van der Waals surface area contributed by atoms with Gasteiger partial charge in [0.25, 0.3) is 5.56 Å². The Morgan fingerprint density at radius 1 is 1.41 bits per heavy atom. The average Bonchev–Trinajstić information content (AvgIpc) is 2.83.